The molecule has 5 nitrogen and oxygen atoms in total. The Morgan fingerprint density at radius 2 is 1.14 bits per heavy atom. The highest BCUT2D eigenvalue weighted by Crippen LogP contribution is 2.31. The first kappa shape index (κ1) is 18.7. The molecule has 1 aliphatic heterocycles. The van der Waals surface area contributed by atoms with Crippen molar-refractivity contribution in [2.24, 2.45) is 5.41 Å². The van der Waals surface area contributed by atoms with Crippen molar-refractivity contribution < 1.29 is 14.4 Å². The molecule has 0 aromatic carbocycles. The van der Waals surface area contributed by atoms with Crippen LogP contribution < -0.4 is 0 Å². The first-order valence-corrected chi connectivity index (χ1v) is 15.2. The summed E-state index contributed by atoms with van der Waals surface area (Å²) >= 11 is 12.6. The third kappa shape index (κ3) is 4.31. The molecule has 0 N–H and O–H groups in total. The van der Waals surface area contributed by atoms with Crippen LogP contribution in [0.5, 0.6) is 0 Å². The van der Waals surface area contributed by atoms with Crippen molar-refractivity contribution in [1.29, 1.82) is 0 Å². The standard InChI is InChI=1S/C12H22Cl2N2O3Si2/c1-12(2)9(17)15(7-20(3,4)13)11(19)16(10(12)18)8-21(5,6)14/h7-8H2,1-6H3. The molecule has 120 valence electrons. The van der Waals surface area contributed by atoms with E-state index < -0.39 is 38.0 Å². The molecule has 0 atom stereocenters. The van der Waals surface area contributed by atoms with Gasteiger partial charge in [-0.15, -0.1) is 0 Å². The van der Waals surface area contributed by atoms with Gasteiger partial charge in [-0.05, 0) is 13.8 Å². The zero-order valence-corrected chi connectivity index (χ0v) is 16.8. The molecule has 0 spiro atoms. The third-order valence-electron chi connectivity index (χ3n) is 3.09. The summed E-state index contributed by atoms with van der Waals surface area (Å²) in [7, 11) is -4.41. The van der Waals surface area contributed by atoms with Crippen LogP contribution in [0.1, 0.15) is 13.8 Å². The van der Waals surface area contributed by atoms with Gasteiger partial charge in [-0.1, -0.05) is 26.2 Å². The van der Waals surface area contributed by atoms with Crippen LogP contribution in [0.15, 0.2) is 0 Å². The Kier molecular flexibility index (Phi) is 5.05. The predicted molar refractivity (Wildman–Crippen MR) is 89.3 cm³/mol. The molecule has 0 bridgehead atoms. The summed E-state index contributed by atoms with van der Waals surface area (Å²) in [5.41, 5.74) is -1.26. The minimum atomic E-state index is -2.20. The number of amides is 4. The maximum atomic E-state index is 12.5. The molecule has 1 heterocycles. The Hall–Kier alpha value is -0.376. The van der Waals surface area contributed by atoms with E-state index in [9.17, 15) is 14.4 Å². The molecule has 4 amide bonds. The van der Waals surface area contributed by atoms with Crippen LogP contribution in [-0.4, -0.2) is 54.7 Å². The van der Waals surface area contributed by atoms with E-state index in [1.54, 1.807) is 0 Å². The largest absolute Gasteiger partial charge is 0.332 e. The number of rotatable bonds is 4. The van der Waals surface area contributed by atoms with Gasteiger partial charge in [-0.3, -0.25) is 19.4 Å². The Morgan fingerprint density at radius 3 is 1.38 bits per heavy atom. The third-order valence-corrected chi connectivity index (χ3v) is 5.94. The van der Waals surface area contributed by atoms with Crippen molar-refractivity contribution in [1.82, 2.24) is 9.80 Å². The number of halogens is 2. The average Bonchev–Trinajstić information content (AvgIpc) is 2.26. The smallest absolute Gasteiger partial charge is 0.273 e. The van der Waals surface area contributed by atoms with Gasteiger partial charge in [0.1, 0.15) is 5.41 Å². The second kappa shape index (κ2) is 5.68. The van der Waals surface area contributed by atoms with Gasteiger partial charge in [0.05, 0.1) is 0 Å². The van der Waals surface area contributed by atoms with Crippen LogP contribution in [0.2, 0.25) is 26.2 Å². The minimum absolute atomic E-state index is 0.184. The summed E-state index contributed by atoms with van der Waals surface area (Å²) in [6.07, 6.45) is 0.368. The topological polar surface area (TPSA) is 57.7 Å². The monoisotopic (exact) mass is 368 g/mol. The second-order valence-corrected chi connectivity index (χ2v) is 20.8. The van der Waals surface area contributed by atoms with Crippen LogP contribution >= 0.6 is 22.2 Å². The number of hydrogen-bond acceptors (Lipinski definition) is 3. The fraction of sp³-hybridized carbons (Fsp3) is 0.750. The predicted octanol–water partition coefficient (Wildman–Crippen LogP) is 2.77. The van der Waals surface area contributed by atoms with Gasteiger partial charge in [0.15, 0.2) is 14.8 Å². The highest BCUT2D eigenvalue weighted by Gasteiger charge is 2.53. The molecular formula is C12H22Cl2N2O3Si2. The minimum Gasteiger partial charge on any atom is -0.273 e. The lowest BCUT2D eigenvalue weighted by atomic mass is 9.88. The molecule has 1 aliphatic rings. The van der Waals surface area contributed by atoms with Gasteiger partial charge in [0, 0.05) is 12.3 Å². The fourth-order valence-electron chi connectivity index (χ4n) is 2.12. The Balaban J connectivity index is 3.20. The number of carbonyl (C=O) groups excluding carboxylic acids is 3. The first-order valence-electron chi connectivity index (χ1n) is 6.72. The highest BCUT2D eigenvalue weighted by atomic mass is 35.6. The van der Waals surface area contributed by atoms with E-state index in [0.717, 1.165) is 9.80 Å². The molecule has 9 heteroatoms. The number of nitrogens with zero attached hydrogens (tertiary/aromatic N) is 2. The zero-order valence-electron chi connectivity index (χ0n) is 13.3. The molecular weight excluding hydrogens is 347 g/mol. The highest BCUT2D eigenvalue weighted by molar-refractivity contribution is 7.19. The van der Waals surface area contributed by atoms with Crippen LogP contribution in [-0.2, 0) is 9.59 Å². The molecule has 0 saturated carbocycles. The maximum absolute atomic E-state index is 12.5. The van der Waals surface area contributed by atoms with Crippen molar-refractivity contribution in [2.75, 3.05) is 12.3 Å². The lowest BCUT2D eigenvalue weighted by Crippen LogP contribution is -2.66. The average molecular weight is 369 g/mol. The molecule has 0 unspecified atom stereocenters. The normalized spacial score (nSPS) is 20.3. The summed E-state index contributed by atoms with van der Waals surface area (Å²) < 4.78 is 0. The van der Waals surface area contributed by atoms with Gasteiger partial charge in [-0.2, -0.15) is 22.2 Å². The second-order valence-electron chi connectivity index (χ2n) is 7.13. The quantitative estimate of drug-likeness (QED) is 0.435. The van der Waals surface area contributed by atoms with Gasteiger partial charge in [0.2, 0.25) is 11.8 Å². The first-order chi connectivity index (χ1) is 9.17. The van der Waals surface area contributed by atoms with Crippen molar-refractivity contribution in [3.05, 3.63) is 0 Å². The summed E-state index contributed by atoms with van der Waals surface area (Å²) in [6, 6.07) is -0.591. The van der Waals surface area contributed by atoms with Crippen LogP contribution in [0.25, 0.3) is 0 Å². The van der Waals surface area contributed by atoms with Crippen molar-refractivity contribution in [2.45, 2.75) is 40.0 Å². The zero-order chi connectivity index (χ0) is 16.8. The molecule has 0 aromatic heterocycles. The van der Waals surface area contributed by atoms with Crippen molar-refractivity contribution in [3.63, 3.8) is 0 Å². The van der Waals surface area contributed by atoms with E-state index in [4.69, 9.17) is 22.2 Å². The number of hydrogen-bond donors (Lipinski definition) is 0. The molecule has 0 aliphatic carbocycles. The van der Waals surface area contributed by atoms with Crippen LogP contribution in [0, 0.1) is 5.41 Å². The van der Waals surface area contributed by atoms with Gasteiger partial charge < -0.3 is 0 Å². The van der Waals surface area contributed by atoms with Crippen LogP contribution in [0.3, 0.4) is 0 Å². The van der Waals surface area contributed by atoms with E-state index in [2.05, 4.69) is 0 Å². The summed E-state index contributed by atoms with van der Waals surface area (Å²) in [4.78, 5) is 39.7. The van der Waals surface area contributed by atoms with Gasteiger partial charge in [0.25, 0.3) is 0 Å². The molecule has 1 rings (SSSR count). The van der Waals surface area contributed by atoms with E-state index >= 15 is 0 Å². The molecule has 0 aromatic rings. The Labute approximate surface area is 137 Å². The summed E-state index contributed by atoms with van der Waals surface area (Å²) in [5, 5.41) is 0. The Morgan fingerprint density at radius 1 is 0.857 bits per heavy atom. The molecule has 1 fully saturated rings. The van der Waals surface area contributed by atoms with Gasteiger partial charge >= 0.3 is 6.03 Å². The number of imide groups is 2. The van der Waals surface area contributed by atoms with E-state index in [0.29, 0.717) is 0 Å². The van der Waals surface area contributed by atoms with E-state index in [1.165, 1.54) is 13.8 Å². The van der Waals surface area contributed by atoms with E-state index in [-0.39, 0.29) is 12.3 Å². The summed E-state index contributed by atoms with van der Waals surface area (Å²) in [5.74, 6) is -0.965. The fourth-order valence-corrected chi connectivity index (χ4v) is 4.90. The number of carbonyl (C=O) groups is 3. The van der Waals surface area contributed by atoms with Crippen molar-refractivity contribution in [3.8, 4) is 0 Å². The maximum Gasteiger partial charge on any atom is 0.332 e. The summed E-state index contributed by atoms with van der Waals surface area (Å²) in [6.45, 7) is 10.5. The lowest BCUT2D eigenvalue weighted by molar-refractivity contribution is -0.155. The Bertz CT molecular complexity index is 444. The molecule has 0 radical (unpaired) electrons. The van der Waals surface area contributed by atoms with Crippen molar-refractivity contribution >= 4 is 54.8 Å². The molecule has 1 saturated heterocycles. The number of urea groups is 1. The number of barbiturate groups is 1. The van der Waals surface area contributed by atoms with Gasteiger partial charge in [-0.25, -0.2) is 4.79 Å². The van der Waals surface area contributed by atoms with E-state index in [1.807, 2.05) is 26.2 Å². The SMILES string of the molecule is CC1(C)C(=O)N(C[Si](C)(C)Cl)C(=O)N(C[Si](C)(C)Cl)C1=O. The van der Waals surface area contributed by atoms with Crippen LogP contribution in [0.4, 0.5) is 4.79 Å². The molecule has 21 heavy (non-hydrogen) atoms. The lowest BCUT2D eigenvalue weighted by Gasteiger charge is -2.43.